The Balaban J connectivity index is 4.12. The number of aliphatic hydroxyl groups is 5. The standard InChI is InChI=1S/C10H22O5/c11-5-1-3-10(15,4-2-6-12)7-9(14)8-13/h9,11-15H,1-8H2/t9-/m0/s1. The van der Waals surface area contributed by atoms with E-state index in [-0.39, 0.29) is 26.2 Å². The lowest BCUT2D eigenvalue weighted by atomic mass is 9.87. The minimum absolute atomic E-state index is 0.0172. The van der Waals surface area contributed by atoms with Crippen molar-refractivity contribution in [3.05, 3.63) is 0 Å². The van der Waals surface area contributed by atoms with Crippen LogP contribution in [0.1, 0.15) is 32.1 Å². The molecule has 0 aliphatic rings. The molecule has 0 amide bonds. The second-order valence-corrected chi connectivity index (χ2v) is 3.92. The first-order chi connectivity index (χ1) is 7.08. The van der Waals surface area contributed by atoms with E-state index in [9.17, 15) is 10.2 Å². The number of hydrogen-bond acceptors (Lipinski definition) is 5. The summed E-state index contributed by atoms with van der Waals surface area (Å²) in [6, 6.07) is 0. The molecule has 92 valence electrons. The van der Waals surface area contributed by atoms with Crippen molar-refractivity contribution in [2.75, 3.05) is 19.8 Å². The lowest BCUT2D eigenvalue weighted by Gasteiger charge is -2.29. The Bertz CT molecular complexity index is 143. The smallest absolute Gasteiger partial charge is 0.0798 e. The predicted octanol–water partition coefficient (Wildman–Crippen LogP) is -0.994. The lowest BCUT2D eigenvalue weighted by molar-refractivity contribution is -0.0433. The minimum Gasteiger partial charge on any atom is -0.396 e. The van der Waals surface area contributed by atoms with Gasteiger partial charge in [-0.3, -0.25) is 0 Å². The second-order valence-electron chi connectivity index (χ2n) is 3.92. The number of hydrogen-bond donors (Lipinski definition) is 5. The molecule has 0 bridgehead atoms. The van der Waals surface area contributed by atoms with Gasteiger partial charge in [-0.15, -0.1) is 0 Å². The third-order valence-corrected chi connectivity index (χ3v) is 2.43. The van der Waals surface area contributed by atoms with Crippen LogP contribution in [0.3, 0.4) is 0 Å². The van der Waals surface area contributed by atoms with Crippen molar-refractivity contribution in [3.8, 4) is 0 Å². The average Bonchev–Trinajstić information content (AvgIpc) is 2.23. The van der Waals surface area contributed by atoms with Crippen molar-refractivity contribution in [3.63, 3.8) is 0 Å². The molecule has 5 nitrogen and oxygen atoms in total. The molecule has 0 aromatic carbocycles. The maximum Gasteiger partial charge on any atom is 0.0798 e. The van der Waals surface area contributed by atoms with Crippen LogP contribution in [0.15, 0.2) is 0 Å². The van der Waals surface area contributed by atoms with Crippen molar-refractivity contribution >= 4 is 0 Å². The molecular weight excluding hydrogens is 200 g/mol. The van der Waals surface area contributed by atoms with E-state index in [1.54, 1.807) is 0 Å². The van der Waals surface area contributed by atoms with Crippen molar-refractivity contribution in [2.45, 2.75) is 43.8 Å². The predicted molar refractivity (Wildman–Crippen MR) is 55.3 cm³/mol. The summed E-state index contributed by atoms with van der Waals surface area (Å²) in [6.07, 6.45) is 0.734. The highest BCUT2D eigenvalue weighted by atomic mass is 16.3. The second kappa shape index (κ2) is 8.01. The van der Waals surface area contributed by atoms with Crippen LogP contribution < -0.4 is 0 Å². The summed E-state index contributed by atoms with van der Waals surface area (Å²) >= 11 is 0. The van der Waals surface area contributed by atoms with Crippen molar-refractivity contribution in [2.24, 2.45) is 0 Å². The van der Waals surface area contributed by atoms with Gasteiger partial charge in [0, 0.05) is 19.6 Å². The van der Waals surface area contributed by atoms with Crippen LogP contribution in [0.25, 0.3) is 0 Å². The first-order valence-corrected chi connectivity index (χ1v) is 5.31. The molecular formula is C10H22O5. The molecule has 15 heavy (non-hydrogen) atoms. The third-order valence-electron chi connectivity index (χ3n) is 2.43. The Morgan fingerprint density at radius 3 is 1.73 bits per heavy atom. The van der Waals surface area contributed by atoms with E-state index in [4.69, 9.17) is 15.3 Å². The Kier molecular flexibility index (Phi) is 7.90. The lowest BCUT2D eigenvalue weighted by Crippen LogP contribution is -2.35. The van der Waals surface area contributed by atoms with Crippen molar-refractivity contribution in [1.82, 2.24) is 0 Å². The van der Waals surface area contributed by atoms with Crippen LogP contribution >= 0.6 is 0 Å². The van der Waals surface area contributed by atoms with Gasteiger partial charge in [-0.25, -0.2) is 0 Å². The first kappa shape index (κ1) is 14.8. The van der Waals surface area contributed by atoms with Gasteiger partial charge in [0.25, 0.3) is 0 Å². The van der Waals surface area contributed by atoms with E-state index in [2.05, 4.69) is 0 Å². The summed E-state index contributed by atoms with van der Waals surface area (Å²) < 4.78 is 0. The van der Waals surface area contributed by atoms with Crippen LogP contribution in [0.4, 0.5) is 0 Å². The zero-order valence-electron chi connectivity index (χ0n) is 8.97. The maximum atomic E-state index is 10.1. The third kappa shape index (κ3) is 6.81. The molecule has 0 saturated heterocycles. The molecule has 0 rings (SSSR count). The van der Waals surface area contributed by atoms with Crippen LogP contribution in [-0.4, -0.2) is 57.1 Å². The molecule has 0 unspecified atom stereocenters. The van der Waals surface area contributed by atoms with Crippen molar-refractivity contribution in [1.29, 1.82) is 0 Å². The summed E-state index contributed by atoms with van der Waals surface area (Å²) in [4.78, 5) is 0. The van der Waals surface area contributed by atoms with Crippen LogP contribution in [0.5, 0.6) is 0 Å². The van der Waals surface area contributed by atoms with E-state index in [0.29, 0.717) is 25.7 Å². The number of aliphatic hydroxyl groups excluding tert-OH is 4. The van der Waals surface area contributed by atoms with Gasteiger partial charge < -0.3 is 25.5 Å². The Hall–Kier alpha value is -0.200. The summed E-state index contributed by atoms with van der Waals surface area (Å²) in [5, 5.41) is 45.4. The zero-order chi connectivity index (χ0) is 11.7. The van der Waals surface area contributed by atoms with E-state index >= 15 is 0 Å². The van der Waals surface area contributed by atoms with E-state index in [0.717, 1.165) is 0 Å². The quantitative estimate of drug-likeness (QED) is 0.345. The monoisotopic (exact) mass is 222 g/mol. The van der Waals surface area contributed by atoms with E-state index in [1.807, 2.05) is 0 Å². The first-order valence-electron chi connectivity index (χ1n) is 5.31. The molecule has 0 spiro atoms. The zero-order valence-corrected chi connectivity index (χ0v) is 8.97. The average molecular weight is 222 g/mol. The normalized spacial score (nSPS) is 14.2. The van der Waals surface area contributed by atoms with Crippen molar-refractivity contribution < 1.29 is 25.5 Å². The molecule has 0 fully saturated rings. The van der Waals surface area contributed by atoms with E-state index < -0.39 is 11.7 Å². The topological polar surface area (TPSA) is 101 Å². The Labute approximate surface area is 90.0 Å². The Morgan fingerprint density at radius 2 is 1.40 bits per heavy atom. The largest absolute Gasteiger partial charge is 0.396 e. The van der Waals surface area contributed by atoms with Gasteiger partial charge >= 0.3 is 0 Å². The van der Waals surface area contributed by atoms with Gasteiger partial charge in [0.1, 0.15) is 0 Å². The molecule has 0 heterocycles. The van der Waals surface area contributed by atoms with Crippen LogP contribution in [-0.2, 0) is 0 Å². The molecule has 0 radical (unpaired) electrons. The molecule has 0 aromatic heterocycles. The molecule has 5 N–H and O–H groups in total. The van der Waals surface area contributed by atoms with Gasteiger partial charge in [-0.05, 0) is 25.7 Å². The summed E-state index contributed by atoms with van der Waals surface area (Å²) in [7, 11) is 0. The Morgan fingerprint density at radius 1 is 0.933 bits per heavy atom. The maximum absolute atomic E-state index is 10.1. The summed E-state index contributed by atoms with van der Waals surface area (Å²) in [5.74, 6) is 0. The highest BCUT2D eigenvalue weighted by Gasteiger charge is 2.28. The van der Waals surface area contributed by atoms with Gasteiger partial charge in [0.2, 0.25) is 0 Å². The summed E-state index contributed by atoms with van der Waals surface area (Å²) in [6.45, 7) is -0.423. The summed E-state index contributed by atoms with van der Waals surface area (Å²) in [5.41, 5.74) is -1.10. The highest BCUT2D eigenvalue weighted by molar-refractivity contribution is 4.81. The minimum atomic E-state index is -1.10. The molecule has 0 aromatic rings. The fraction of sp³-hybridized carbons (Fsp3) is 1.00. The highest BCUT2D eigenvalue weighted by Crippen LogP contribution is 2.25. The van der Waals surface area contributed by atoms with Gasteiger partial charge in [0.05, 0.1) is 18.3 Å². The van der Waals surface area contributed by atoms with Crippen LogP contribution in [0.2, 0.25) is 0 Å². The molecule has 0 saturated carbocycles. The fourth-order valence-electron chi connectivity index (χ4n) is 1.65. The van der Waals surface area contributed by atoms with Crippen LogP contribution in [0, 0.1) is 0 Å². The molecule has 1 atom stereocenters. The SMILES string of the molecule is OCCCC(O)(CCCO)C[C@H](O)CO. The van der Waals surface area contributed by atoms with Gasteiger partial charge in [-0.1, -0.05) is 0 Å². The molecule has 5 heteroatoms. The van der Waals surface area contributed by atoms with Gasteiger partial charge in [0.15, 0.2) is 0 Å². The van der Waals surface area contributed by atoms with E-state index in [1.165, 1.54) is 0 Å². The van der Waals surface area contributed by atoms with Gasteiger partial charge in [-0.2, -0.15) is 0 Å². The fourth-order valence-corrected chi connectivity index (χ4v) is 1.65. The molecule has 0 aliphatic carbocycles. The molecule has 0 aliphatic heterocycles. The number of rotatable bonds is 9.